The van der Waals surface area contributed by atoms with Crippen molar-refractivity contribution in [2.24, 2.45) is 11.1 Å². The number of ether oxygens (including phenoxy) is 1. The first-order valence-electron chi connectivity index (χ1n) is 6.08. The van der Waals surface area contributed by atoms with Gasteiger partial charge in [-0.25, -0.2) is 0 Å². The van der Waals surface area contributed by atoms with E-state index in [2.05, 4.69) is 6.92 Å². The van der Waals surface area contributed by atoms with E-state index in [0.29, 0.717) is 17.9 Å². The highest BCUT2D eigenvalue weighted by molar-refractivity contribution is 6.04. The zero-order valence-electron chi connectivity index (χ0n) is 10.5. The van der Waals surface area contributed by atoms with Gasteiger partial charge in [-0.1, -0.05) is 13.0 Å². The summed E-state index contributed by atoms with van der Waals surface area (Å²) >= 11 is 0. The van der Waals surface area contributed by atoms with Crippen LogP contribution in [0.1, 0.15) is 35.7 Å². The second-order valence-electron chi connectivity index (χ2n) is 4.70. The molecule has 1 saturated carbocycles. The van der Waals surface area contributed by atoms with Crippen molar-refractivity contribution in [3.8, 4) is 5.75 Å². The number of nitrogens with two attached hydrogens (primary N) is 1. The molecule has 17 heavy (non-hydrogen) atoms. The molecule has 1 fully saturated rings. The summed E-state index contributed by atoms with van der Waals surface area (Å²) in [4.78, 5) is 12.4. The lowest BCUT2D eigenvalue weighted by atomic mass is 9.92. The molecular formula is C14H19NO2. The van der Waals surface area contributed by atoms with Crippen molar-refractivity contribution in [3.05, 3.63) is 29.3 Å². The van der Waals surface area contributed by atoms with E-state index in [9.17, 15) is 4.79 Å². The highest BCUT2D eigenvalue weighted by atomic mass is 16.5. The molecule has 1 aliphatic carbocycles. The fourth-order valence-corrected chi connectivity index (χ4v) is 2.11. The largest absolute Gasteiger partial charge is 0.496 e. The molecule has 0 spiro atoms. The Hall–Kier alpha value is -1.35. The molecular weight excluding hydrogens is 214 g/mol. The number of methoxy groups -OCH3 is 1. The van der Waals surface area contributed by atoms with Crippen LogP contribution in [0.15, 0.2) is 18.2 Å². The molecule has 1 aromatic carbocycles. The summed E-state index contributed by atoms with van der Waals surface area (Å²) in [6.07, 6.45) is 2.73. The molecule has 0 radical (unpaired) electrons. The number of benzene rings is 1. The monoisotopic (exact) mass is 233 g/mol. The SMILES string of the molecule is CCc1ccc(OC)c(C(=O)C2(CN)CC2)c1. The number of aryl methyl sites for hydroxylation is 1. The Morgan fingerprint density at radius 1 is 1.47 bits per heavy atom. The van der Waals surface area contributed by atoms with E-state index in [1.807, 2.05) is 18.2 Å². The van der Waals surface area contributed by atoms with E-state index in [-0.39, 0.29) is 11.2 Å². The third-order valence-corrected chi connectivity index (χ3v) is 3.64. The Kier molecular flexibility index (Phi) is 3.20. The fraction of sp³-hybridized carbons (Fsp3) is 0.500. The number of ketones is 1. The normalized spacial score (nSPS) is 16.6. The van der Waals surface area contributed by atoms with Crippen molar-refractivity contribution in [2.45, 2.75) is 26.2 Å². The number of carbonyl (C=O) groups is 1. The van der Waals surface area contributed by atoms with E-state index < -0.39 is 0 Å². The minimum atomic E-state index is -0.306. The molecule has 0 atom stereocenters. The van der Waals surface area contributed by atoms with Crippen molar-refractivity contribution in [1.29, 1.82) is 0 Å². The van der Waals surface area contributed by atoms with Gasteiger partial charge in [-0.2, -0.15) is 0 Å². The van der Waals surface area contributed by atoms with E-state index in [4.69, 9.17) is 10.5 Å². The Labute approximate surface area is 102 Å². The third-order valence-electron chi connectivity index (χ3n) is 3.64. The predicted molar refractivity (Wildman–Crippen MR) is 67.4 cm³/mol. The molecule has 0 unspecified atom stereocenters. The molecule has 3 heteroatoms. The summed E-state index contributed by atoms with van der Waals surface area (Å²) in [5.41, 5.74) is 7.25. The number of Topliss-reactive ketones (excluding diaryl/α,β-unsaturated/α-hetero) is 1. The molecule has 0 heterocycles. The summed E-state index contributed by atoms with van der Waals surface area (Å²) in [5, 5.41) is 0. The zero-order chi connectivity index (χ0) is 12.5. The van der Waals surface area contributed by atoms with Crippen molar-refractivity contribution in [2.75, 3.05) is 13.7 Å². The van der Waals surface area contributed by atoms with Crippen molar-refractivity contribution < 1.29 is 9.53 Å². The number of rotatable bonds is 5. The average molecular weight is 233 g/mol. The second-order valence-corrected chi connectivity index (χ2v) is 4.70. The van der Waals surface area contributed by atoms with Gasteiger partial charge in [0.2, 0.25) is 0 Å². The fourth-order valence-electron chi connectivity index (χ4n) is 2.11. The standard InChI is InChI=1S/C14H19NO2/c1-3-10-4-5-12(17-2)11(8-10)13(16)14(9-15)6-7-14/h4-5,8H,3,6-7,9,15H2,1-2H3. The second kappa shape index (κ2) is 4.49. The maximum absolute atomic E-state index is 12.4. The van der Waals surface area contributed by atoms with Crippen LogP contribution < -0.4 is 10.5 Å². The van der Waals surface area contributed by atoms with Crippen molar-refractivity contribution in [3.63, 3.8) is 0 Å². The van der Waals surface area contributed by atoms with Gasteiger partial charge in [0.05, 0.1) is 12.7 Å². The van der Waals surface area contributed by atoms with Crippen LogP contribution in [0.5, 0.6) is 5.75 Å². The number of carbonyl (C=O) groups excluding carboxylic acids is 1. The lowest BCUT2D eigenvalue weighted by Crippen LogP contribution is -2.25. The molecule has 3 nitrogen and oxygen atoms in total. The van der Waals surface area contributed by atoms with Crippen molar-refractivity contribution in [1.82, 2.24) is 0 Å². The van der Waals surface area contributed by atoms with Gasteiger partial charge in [0, 0.05) is 12.0 Å². The Morgan fingerprint density at radius 2 is 2.18 bits per heavy atom. The quantitative estimate of drug-likeness (QED) is 0.793. The maximum Gasteiger partial charge on any atom is 0.173 e. The highest BCUT2D eigenvalue weighted by Crippen LogP contribution is 2.48. The van der Waals surface area contributed by atoms with E-state index in [0.717, 1.165) is 24.8 Å². The highest BCUT2D eigenvalue weighted by Gasteiger charge is 2.49. The van der Waals surface area contributed by atoms with E-state index >= 15 is 0 Å². The molecule has 0 saturated heterocycles. The molecule has 1 aromatic rings. The van der Waals surface area contributed by atoms with Gasteiger partial charge < -0.3 is 10.5 Å². The van der Waals surface area contributed by atoms with Crippen LogP contribution in [-0.2, 0) is 6.42 Å². The van der Waals surface area contributed by atoms with Gasteiger partial charge in [0.15, 0.2) is 5.78 Å². The van der Waals surface area contributed by atoms with Gasteiger partial charge in [0.25, 0.3) is 0 Å². The summed E-state index contributed by atoms with van der Waals surface area (Å²) in [5.74, 6) is 0.805. The van der Waals surface area contributed by atoms with Gasteiger partial charge >= 0.3 is 0 Å². The zero-order valence-corrected chi connectivity index (χ0v) is 10.5. The van der Waals surface area contributed by atoms with E-state index in [1.165, 1.54) is 0 Å². The van der Waals surface area contributed by atoms with Crippen LogP contribution in [0.3, 0.4) is 0 Å². The summed E-state index contributed by atoms with van der Waals surface area (Å²) < 4.78 is 5.27. The summed E-state index contributed by atoms with van der Waals surface area (Å²) in [7, 11) is 1.60. The third kappa shape index (κ3) is 2.07. The van der Waals surface area contributed by atoms with Crippen LogP contribution in [0.25, 0.3) is 0 Å². The Bertz CT molecular complexity index is 436. The van der Waals surface area contributed by atoms with Gasteiger partial charge in [-0.3, -0.25) is 4.79 Å². The molecule has 0 amide bonds. The molecule has 0 aliphatic heterocycles. The molecule has 92 valence electrons. The van der Waals surface area contributed by atoms with Gasteiger partial charge in [-0.15, -0.1) is 0 Å². The van der Waals surface area contributed by atoms with Crippen LogP contribution in [0.2, 0.25) is 0 Å². The average Bonchev–Trinajstić information content (AvgIpc) is 3.18. The molecule has 0 bridgehead atoms. The number of hydrogen-bond acceptors (Lipinski definition) is 3. The maximum atomic E-state index is 12.4. The first kappa shape index (κ1) is 12.1. The molecule has 2 N–H and O–H groups in total. The predicted octanol–water partition coefficient (Wildman–Crippen LogP) is 2.18. The van der Waals surface area contributed by atoms with E-state index in [1.54, 1.807) is 7.11 Å². The first-order chi connectivity index (χ1) is 8.16. The topological polar surface area (TPSA) is 52.3 Å². The van der Waals surface area contributed by atoms with Gasteiger partial charge in [-0.05, 0) is 37.0 Å². The van der Waals surface area contributed by atoms with Crippen LogP contribution in [0.4, 0.5) is 0 Å². The lowest BCUT2D eigenvalue weighted by Gasteiger charge is -2.14. The molecule has 0 aromatic heterocycles. The minimum Gasteiger partial charge on any atom is -0.496 e. The van der Waals surface area contributed by atoms with Crippen LogP contribution >= 0.6 is 0 Å². The van der Waals surface area contributed by atoms with Crippen LogP contribution in [-0.4, -0.2) is 19.4 Å². The molecule has 1 aliphatic rings. The van der Waals surface area contributed by atoms with Crippen molar-refractivity contribution >= 4 is 5.78 Å². The minimum absolute atomic E-state index is 0.146. The van der Waals surface area contributed by atoms with Crippen LogP contribution in [0, 0.1) is 5.41 Å². The van der Waals surface area contributed by atoms with Gasteiger partial charge in [0.1, 0.15) is 5.75 Å². The smallest absolute Gasteiger partial charge is 0.173 e. The Morgan fingerprint density at radius 3 is 2.65 bits per heavy atom. The Balaban J connectivity index is 2.39. The number of hydrogen-bond donors (Lipinski definition) is 1. The summed E-state index contributed by atoms with van der Waals surface area (Å²) in [6, 6.07) is 5.81. The lowest BCUT2D eigenvalue weighted by molar-refractivity contribution is 0.0902. The first-order valence-corrected chi connectivity index (χ1v) is 6.08. The summed E-state index contributed by atoms with van der Waals surface area (Å²) in [6.45, 7) is 2.51. The molecule has 2 rings (SSSR count).